The van der Waals surface area contributed by atoms with Crippen LogP contribution in [0.3, 0.4) is 0 Å². The Morgan fingerprint density at radius 3 is 2.00 bits per heavy atom. The van der Waals surface area contributed by atoms with E-state index in [2.05, 4.69) is 69.3 Å². The number of rotatable bonds is 5. The first kappa shape index (κ1) is 20.4. The van der Waals surface area contributed by atoms with E-state index in [1.165, 1.54) is 10.4 Å². The van der Waals surface area contributed by atoms with Crippen molar-refractivity contribution in [2.24, 2.45) is 5.92 Å². The average Bonchev–Trinajstić information content (AvgIpc) is 3.15. The summed E-state index contributed by atoms with van der Waals surface area (Å²) in [5, 5.41) is 13.0. The molecule has 0 amide bonds. The summed E-state index contributed by atoms with van der Waals surface area (Å²) in [5.41, 5.74) is 0. The molecule has 4 atom stereocenters. The third kappa shape index (κ3) is 3.78. The number of aliphatic hydroxyl groups is 1. The fraction of sp³-hybridized carbons (Fsp3) is 0.520. The molecule has 1 saturated heterocycles. The van der Waals surface area contributed by atoms with Gasteiger partial charge in [0.2, 0.25) is 0 Å². The van der Waals surface area contributed by atoms with Gasteiger partial charge in [0, 0.05) is 12.5 Å². The third-order valence-electron chi connectivity index (χ3n) is 6.32. The van der Waals surface area contributed by atoms with Gasteiger partial charge in [0.15, 0.2) is 5.79 Å². The third-order valence-corrected chi connectivity index (χ3v) is 11.3. The lowest BCUT2D eigenvalue weighted by atomic mass is 10.1. The molecule has 2 aromatic rings. The van der Waals surface area contributed by atoms with Crippen LogP contribution in [0.5, 0.6) is 0 Å². The Labute approximate surface area is 182 Å². The van der Waals surface area contributed by atoms with E-state index in [0.717, 1.165) is 0 Å². The van der Waals surface area contributed by atoms with Crippen LogP contribution in [0.25, 0.3) is 0 Å². The summed E-state index contributed by atoms with van der Waals surface area (Å²) in [6.45, 7) is 10.8. The molecule has 162 valence electrons. The molecule has 1 N–H and O–H groups in total. The highest BCUT2D eigenvalue weighted by atomic mass is 28.4. The molecule has 1 saturated carbocycles. The van der Waals surface area contributed by atoms with Gasteiger partial charge in [0.1, 0.15) is 6.10 Å². The van der Waals surface area contributed by atoms with Gasteiger partial charge in [-0.1, -0.05) is 81.4 Å². The van der Waals surface area contributed by atoms with Crippen LogP contribution in [0, 0.1) is 5.92 Å². The molecule has 2 aliphatic rings. The lowest BCUT2D eigenvalue weighted by molar-refractivity contribution is -0.167. The topological polar surface area (TPSA) is 47.9 Å². The average molecular weight is 429 g/mol. The van der Waals surface area contributed by atoms with Crippen molar-refractivity contribution in [3.63, 3.8) is 0 Å². The lowest BCUT2D eigenvalue weighted by Gasteiger charge is -2.43. The molecule has 1 aliphatic carbocycles. The maximum Gasteiger partial charge on any atom is 0.261 e. The van der Waals surface area contributed by atoms with Crippen molar-refractivity contribution in [1.82, 2.24) is 0 Å². The van der Waals surface area contributed by atoms with Crippen LogP contribution in [0.2, 0.25) is 5.04 Å². The predicted molar refractivity (Wildman–Crippen MR) is 122 cm³/mol. The molecule has 0 aromatic heterocycles. The summed E-state index contributed by atoms with van der Waals surface area (Å²) in [6, 6.07) is 21.0. The fourth-order valence-electron chi connectivity index (χ4n) is 5.04. The van der Waals surface area contributed by atoms with E-state index in [9.17, 15) is 5.11 Å². The van der Waals surface area contributed by atoms with Crippen LogP contribution in [0.1, 0.15) is 42.4 Å². The number of ether oxygens (including phenoxy) is 2. The number of hydrogen-bond acceptors (Lipinski definition) is 4. The van der Waals surface area contributed by atoms with Crippen molar-refractivity contribution in [2.45, 2.75) is 70.2 Å². The first-order chi connectivity index (χ1) is 14.5. The minimum atomic E-state index is -2.68. The van der Waals surface area contributed by atoms with Gasteiger partial charge in [0.05, 0.1) is 13.6 Å². The highest BCUT2D eigenvalue weighted by Crippen LogP contribution is 2.43. The molecule has 2 aromatic carbocycles. The van der Waals surface area contributed by atoms with Gasteiger partial charge in [0.25, 0.3) is 8.32 Å². The van der Waals surface area contributed by atoms with E-state index in [1.54, 1.807) is 0 Å². The number of fused-ring (bicyclic) bond motifs is 1. The number of hydrogen-bond donors (Lipinski definition) is 1. The van der Waals surface area contributed by atoms with Crippen molar-refractivity contribution in [2.75, 3.05) is 6.61 Å². The highest BCUT2D eigenvalue weighted by molar-refractivity contribution is 6.99. The smallest absolute Gasteiger partial charge is 0.261 e. The SMILES string of the molecule is [3H][C@]1(O)C[C@H](CO[Si](c2ccccc2)(c2ccccc2)C(C)(C)C)[C@H]2OC(C)(C)O[C@H]21. The summed E-state index contributed by atoms with van der Waals surface area (Å²) < 4.78 is 27.4. The van der Waals surface area contributed by atoms with Crippen LogP contribution in [0.15, 0.2) is 60.7 Å². The lowest BCUT2D eigenvalue weighted by Crippen LogP contribution is -2.67. The molecule has 5 heteroatoms. The van der Waals surface area contributed by atoms with E-state index in [-0.39, 0.29) is 23.5 Å². The van der Waals surface area contributed by atoms with Gasteiger partial charge in [-0.3, -0.25) is 0 Å². The fourth-order valence-corrected chi connectivity index (χ4v) is 9.66. The van der Waals surface area contributed by atoms with Gasteiger partial charge in [-0.05, 0) is 35.7 Å². The molecule has 0 spiro atoms. The zero-order valence-electron chi connectivity index (χ0n) is 19.6. The zero-order chi connectivity index (χ0) is 22.5. The Morgan fingerprint density at radius 1 is 1.00 bits per heavy atom. The molecule has 0 radical (unpaired) electrons. The monoisotopic (exact) mass is 428 g/mol. The van der Waals surface area contributed by atoms with Crippen molar-refractivity contribution in [1.29, 1.82) is 0 Å². The Kier molecular flexibility index (Phi) is 5.36. The maximum absolute atomic E-state index is 10.7. The first-order valence-corrected chi connectivity index (χ1v) is 12.7. The first-order valence-electron chi connectivity index (χ1n) is 11.3. The molecular weight excluding hydrogens is 392 g/mol. The molecule has 2 fully saturated rings. The van der Waals surface area contributed by atoms with Crippen molar-refractivity contribution in [3.05, 3.63) is 60.7 Å². The maximum atomic E-state index is 10.7. The minimum Gasteiger partial charge on any atom is -0.407 e. The molecule has 4 rings (SSSR count). The summed E-state index contributed by atoms with van der Waals surface area (Å²) >= 11 is 0. The van der Waals surface area contributed by atoms with Gasteiger partial charge < -0.3 is 19.0 Å². The van der Waals surface area contributed by atoms with Gasteiger partial charge >= 0.3 is 0 Å². The molecule has 0 unspecified atom stereocenters. The number of benzene rings is 2. The van der Waals surface area contributed by atoms with E-state index in [0.29, 0.717) is 6.61 Å². The minimum absolute atomic E-state index is 0.115. The second kappa shape index (κ2) is 7.88. The molecule has 1 aliphatic heterocycles. The molecule has 1 heterocycles. The van der Waals surface area contributed by atoms with Gasteiger partial charge in [-0.15, -0.1) is 0 Å². The molecular formula is C25H34O4Si. The van der Waals surface area contributed by atoms with E-state index < -0.39 is 26.3 Å². The van der Waals surface area contributed by atoms with Crippen LogP contribution < -0.4 is 10.4 Å². The largest absolute Gasteiger partial charge is 0.407 e. The van der Waals surface area contributed by atoms with E-state index in [1.807, 2.05) is 26.0 Å². The van der Waals surface area contributed by atoms with Crippen molar-refractivity contribution >= 4 is 18.7 Å². The highest BCUT2D eigenvalue weighted by Gasteiger charge is 2.55. The van der Waals surface area contributed by atoms with Crippen LogP contribution in [-0.4, -0.2) is 44.1 Å². The zero-order valence-corrected chi connectivity index (χ0v) is 19.6. The summed E-state index contributed by atoms with van der Waals surface area (Å²) in [4.78, 5) is 0. The van der Waals surface area contributed by atoms with Crippen LogP contribution in [0.4, 0.5) is 0 Å². The predicted octanol–water partition coefficient (Wildman–Crippen LogP) is 3.46. The summed E-state index contributed by atoms with van der Waals surface area (Å²) in [6.07, 6.45) is -2.40. The van der Waals surface area contributed by atoms with Crippen LogP contribution in [-0.2, 0) is 13.9 Å². The Hall–Kier alpha value is -1.50. The van der Waals surface area contributed by atoms with E-state index >= 15 is 0 Å². The molecule has 30 heavy (non-hydrogen) atoms. The summed E-state index contributed by atoms with van der Waals surface area (Å²) in [5.74, 6) is -0.920. The van der Waals surface area contributed by atoms with Gasteiger partial charge in [-0.2, -0.15) is 0 Å². The Morgan fingerprint density at radius 2 is 1.50 bits per heavy atom. The Balaban J connectivity index is 1.71. The normalized spacial score (nSPS) is 31.4. The second-order valence-electron chi connectivity index (χ2n) is 9.95. The second-order valence-corrected chi connectivity index (χ2v) is 14.3. The van der Waals surface area contributed by atoms with Crippen molar-refractivity contribution in [3.8, 4) is 0 Å². The Bertz CT molecular complexity index is 855. The standard InChI is InChI=1S/C25H34O4Si/c1-24(2,3)30(19-12-8-6-9-13-19,20-14-10-7-11-15-20)27-17-18-16-21(26)23-22(18)28-25(4,5)29-23/h6-15,18,21-23,26H,16-17H2,1-5H3/t18-,21+,22-,23+/m1/s1/i21T. The molecule has 0 bridgehead atoms. The van der Waals surface area contributed by atoms with Crippen molar-refractivity contribution < 1.29 is 20.4 Å². The molecule has 4 nitrogen and oxygen atoms in total. The van der Waals surface area contributed by atoms with E-state index in [4.69, 9.17) is 15.3 Å². The summed E-state index contributed by atoms with van der Waals surface area (Å²) in [7, 11) is -2.68. The van der Waals surface area contributed by atoms with Gasteiger partial charge in [-0.25, -0.2) is 0 Å². The van der Waals surface area contributed by atoms with Crippen LogP contribution >= 0.6 is 0 Å². The quantitative estimate of drug-likeness (QED) is 0.741.